The van der Waals surface area contributed by atoms with E-state index in [9.17, 15) is 4.79 Å². The molecule has 0 fully saturated rings. The zero-order valence-corrected chi connectivity index (χ0v) is 15.1. The highest BCUT2D eigenvalue weighted by atomic mass is 79.9. The standard InChI is InChI=1S/C18H16BrN3O3/c1-24-14-5-2-12(3-6-14)9-20-17(23)10-25-18-15-8-13(19)4-7-16(15)21-11-22-18/h2-8,11H,9-10H2,1H3,(H,20,23). The number of aromatic nitrogens is 2. The highest BCUT2D eigenvalue weighted by molar-refractivity contribution is 9.10. The lowest BCUT2D eigenvalue weighted by molar-refractivity contribution is -0.123. The van der Waals surface area contributed by atoms with Gasteiger partial charge in [0.2, 0.25) is 5.88 Å². The quantitative estimate of drug-likeness (QED) is 0.686. The van der Waals surface area contributed by atoms with Crippen LogP contribution in [-0.4, -0.2) is 29.6 Å². The SMILES string of the molecule is COc1ccc(CNC(=O)COc2ncnc3ccc(Br)cc23)cc1. The number of benzene rings is 2. The monoisotopic (exact) mass is 401 g/mol. The first-order valence-electron chi connectivity index (χ1n) is 7.58. The second-order valence-corrected chi connectivity index (χ2v) is 6.17. The number of hydrogen-bond acceptors (Lipinski definition) is 5. The lowest BCUT2D eigenvalue weighted by atomic mass is 10.2. The molecule has 0 aliphatic rings. The Kier molecular flexibility index (Phi) is 5.45. The van der Waals surface area contributed by atoms with Crippen LogP contribution >= 0.6 is 15.9 Å². The average Bonchev–Trinajstić information content (AvgIpc) is 2.65. The van der Waals surface area contributed by atoms with Crippen LogP contribution in [0.2, 0.25) is 0 Å². The van der Waals surface area contributed by atoms with E-state index in [1.165, 1.54) is 6.33 Å². The largest absolute Gasteiger partial charge is 0.497 e. The summed E-state index contributed by atoms with van der Waals surface area (Å²) in [6.45, 7) is 0.303. The number of amides is 1. The Morgan fingerprint density at radius 2 is 1.96 bits per heavy atom. The lowest BCUT2D eigenvalue weighted by Crippen LogP contribution is -2.28. The number of carbonyl (C=O) groups excluding carboxylic acids is 1. The van der Waals surface area contributed by atoms with E-state index in [2.05, 4.69) is 31.2 Å². The Morgan fingerprint density at radius 1 is 1.16 bits per heavy atom. The van der Waals surface area contributed by atoms with E-state index >= 15 is 0 Å². The average molecular weight is 402 g/mol. The van der Waals surface area contributed by atoms with Gasteiger partial charge in [0.1, 0.15) is 12.1 Å². The van der Waals surface area contributed by atoms with Gasteiger partial charge in [0.25, 0.3) is 5.91 Å². The molecule has 0 saturated heterocycles. The fourth-order valence-electron chi connectivity index (χ4n) is 2.25. The van der Waals surface area contributed by atoms with Crippen LogP contribution in [0.5, 0.6) is 11.6 Å². The van der Waals surface area contributed by atoms with Gasteiger partial charge in [0.15, 0.2) is 6.61 Å². The highest BCUT2D eigenvalue weighted by Crippen LogP contribution is 2.24. The zero-order valence-electron chi connectivity index (χ0n) is 13.5. The highest BCUT2D eigenvalue weighted by Gasteiger charge is 2.08. The van der Waals surface area contributed by atoms with E-state index in [4.69, 9.17) is 9.47 Å². The molecule has 1 heterocycles. The maximum atomic E-state index is 12.0. The summed E-state index contributed by atoms with van der Waals surface area (Å²) < 4.78 is 11.6. The van der Waals surface area contributed by atoms with Crippen molar-refractivity contribution in [1.82, 2.24) is 15.3 Å². The molecule has 25 heavy (non-hydrogen) atoms. The summed E-state index contributed by atoms with van der Waals surface area (Å²) in [6.07, 6.45) is 1.42. The summed E-state index contributed by atoms with van der Waals surface area (Å²) in [7, 11) is 1.61. The van der Waals surface area contributed by atoms with E-state index in [1.807, 2.05) is 42.5 Å². The van der Waals surface area contributed by atoms with Gasteiger partial charge in [-0.1, -0.05) is 28.1 Å². The van der Waals surface area contributed by atoms with Crippen molar-refractivity contribution in [3.8, 4) is 11.6 Å². The fourth-order valence-corrected chi connectivity index (χ4v) is 2.61. The van der Waals surface area contributed by atoms with Gasteiger partial charge in [-0.2, -0.15) is 0 Å². The van der Waals surface area contributed by atoms with Gasteiger partial charge in [0, 0.05) is 11.0 Å². The van der Waals surface area contributed by atoms with Crippen molar-refractivity contribution < 1.29 is 14.3 Å². The molecular weight excluding hydrogens is 386 g/mol. The number of halogens is 1. The molecule has 0 unspecified atom stereocenters. The molecule has 0 aliphatic heterocycles. The van der Waals surface area contributed by atoms with Crippen LogP contribution in [0.1, 0.15) is 5.56 Å². The van der Waals surface area contributed by atoms with Crippen molar-refractivity contribution in [3.05, 3.63) is 58.8 Å². The zero-order chi connectivity index (χ0) is 17.6. The number of nitrogens with zero attached hydrogens (tertiary/aromatic N) is 2. The molecular formula is C18H16BrN3O3. The summed E-state index contributed by atoms with van der Waals surface area (Å²) in [5.74, 6) is 0.934. The number of methoxy groups -OCH3 is 1. The van der Waals surface area contributed by atoms with Crippen molar-refractivity contribution in [2.24, 2.45) is 0 Å². The molecule has 6 nitrogen and oxygen atoms in total. The van der Waals surface area contributed by atoms with Gasteiger partial charge in [-0.3, -0.25) is 4.79 Å². The molecule has 0 radical (unpaired) electrons. The van der Waals surface area contributed by atoms with E-state index in [-0.39, 0.29) is 12.5 Å². The second-order valence-electron chi connectivity index (χ2n) is 5.25. The van der Waals surface area contributed by atoms with Crippen molar-refractivity contribution in [2.75, 3.05) is 13.7 Å². The van der Waals surface area contributed by atoms with Crippen LogP contribution in [0.25, 0.3) is 10.9 Å². The molecule has 128 valence electrons. The van der Waals surface area contributed by atoms with E-state index in [0.717, 1.165) is 26.7 Å². The van der Waals surface area contributed by atoms with Crippen LogP contribution in [-0.2, 0) is 11.3 Å². The van der Waals surface area contributed by atoms with Crippen LogP contribution in [0.4, 0.5) is 0 Å². The molecule has 7 heteroatoms. The van der Waals surface area contributed by atoms with Gasteiger partial charge in [0.05, 0.1) is 18.0 Å². The van der Waals surface area contributed by atoms with Gasteiger partial charge >= 0.3 is 0 Å². The van der Waals surface area contributed by atoms with Crippen LogP contribution in [0, 0.1) is 0 Å². The minimum absolute atomic E-state index is 0.116. The number of hydrogen-bond donors (Lipinski definition) is 1. The molecule has 0 aliphatic carbocycles. The van der Waals surface area contributed by atoms with E-state index in [0.29, 0.717) is 12.4 Å². The number of nitrogens with one attached hydrogen (secondary N) is 1. The van der Waals surface area contributed by atoms with Crippen molar-refractivity contribution in [3.63, 3.8) is 0 Å². The van der Waals surface area contributed by atoms with Crippen molar-refractivity contribution >= 4 is 32.7 Å². The third-order valence-corrected chi connectivity index (χ3v) is 4.04. The van der Waals surface area contributed by atoms with Gasteiger partial charge in [-0.05, 0) is 35.9 Å². The lowest BCUT2D eigenvalue weighted by Gasteiger charge is -2.09. The third-order valence-electron chi connectivity index (χ3n) is 3.55. The van der Waals surface area contributed by atoms with Crippen LogP contribution in [0.3, 0.4) is 0 Å². The van der Waals surface area contributed by atoms with Crippen molar-refractivity contribution in [1.29, 1.82) is 0 Å². The topological polar surface area (TPSA) is 73.3 Å². The molecule has 0 atom stereocenters. The Labute approximate surface area is 153 Å². The molecule has 0 bridgehead atoms. The molecule has 3 rings (SSSR count). The number of carbonyl (C=O) groups is 1. The smallest absolute Gasteiger partial charge is 0.258 e. The Balaban J connectivity index is 1.58. The molecule has 0 saturated carbocycles. The summed E-state index contributed by atoms with van der Waals surface area (Å²) in [6, 6.07) is 13.1. The van der Waals surface area contributed by atoms with Crippen LogP contribution in [0.15, 0.2) is 53.3 Å². The second kappa shape index (κ2) is 7.94. The summed E-state index contributed by atoms with van der Waals surface area (Å²) in [4.78, 5) is 20.3. The Bertz CT molecular complexity index is 884. The Morgan fingerprint density at radius 3 is 2.72 bits per heavy atom. The first-order chi connectivity index (χ1) is 12.2. The number of fused-ring (bicyclic) bond motifs is 1. The molecule has 0 spiro atoms. The minimum Gasteiger partial charge on any atom is -0.497 e. The first-order valence-corrected chi connectivity index (χ1v) is 8.37. The van der Waals surface area contributed by atoms with Crippen LogP contribution < -0.4 is 14.8 Å². The predicted octanol–water partition coefficient (Wildman–Crippen LogP) is 3.10. The maximum Gasteiger partial charge on any atom is 0.258 e. The Hall–Kier alpha value is -2.67. The van der Waals surface area contributed by atoms with E-state index < -0.39 is 0 Å². The summed E-state index contributed by atoms with van der Waals surface area (Å²) in [5.41, 5.74) is 1.73. The molecule has 1 aromatic heterocycles. The van der Waals surface area contributed by atoms with Gasteiger partial charge in [-0.25, -0.2) is 9.97 Å². The normalized spacial score (nSPS) is 10.5. The summed E-state index contributed by atoms with van der Waals surface area (Å²) in [5, 5.41) is 3.56. The van der Waals surface area contributed by atoms with Gasteiger partial charge < -0.3 is 14.8 Å². The van der Waals surface area contributed by atoms with E-state index in [1.54, 1.807) is 7.11 Å². The first kappa shape index (κ1) is 17.2. The van der Waals surface area contributed by atoms with Gasteiger partial charge in [-0.15, -0.1) is 0 Å². The minimum atomic E-state index is -0.224. The van der Waals surface area contributed by atoms with Crippen molar-refractivity contribution in [2.45, 2.75) is 6.54 Å². The number of ether oxygens (including phenoxy) is 2. The fraction of sp³-hybridized carbons (Fsp3) is 0.167. The molecule has 1 amide bonds. The third kappa shape index (κ3) is 4.45. The molecule has 2 aromatic carbocycles. The maximum absolute atomic E-state index is 12.0. The summed E-state index contributed by atoms with van der Waals surface area (Å²) >= 11 is 3.41. The number of rotatable bonds is 6. The predicted molar refractivity (Wildman–Crippen MR) is 97.6 cm³/mol. The molecule has 1 N–H and O–H groups in total. The molecule has 3 aromatic rings.